The van der Waals surface area contributed by atoms with Gasteiger partial charge in [0.1, 0.15) is 0 Å². The molecule has 0 aromatic carbocycles. The van der Waals surface area contributed by atoms with Gasteiger partial charge in [-0.1, -0.05) is 90.4 Å². The third-order valence-corrected chi connectivity index (χ3v) is 6.56. The van der Waals surface area contributed by atoms with Crippen molar-refractivity contribution in [3.8, 4) is 0 Å². The molecule has 0 bridgehead atoms. The van der Waals surface area contributed by atoms with Crippen LogP contribution in [0.4, 0.5) is 0 Å². The zero-order valence-corrected chi connectivity index (χ0v) is 18.6. The van der Waals surface area contributed by atoms with Crippen molar-refractivity contribution in [1.82, 2.24) is 9.80 Å². The van der Waals surface area contributed by atoms with Gasteiger partial charge in [-0.25, -0.2) is 0 Å². The highest BCUT2D eigenvalue weighted by Crippen LogP contribution is 2.22. The van der Waals surface area contributed by atoms with Gasteiger partial charge < -0.3 is 14.9 Å². The predicted octanol–water partition coefficient (Wildman–Crippen LogP) is 6.27. The topological polar surface area (TPSA) is 26.7 Å². The molecule has 0 aromatic rings. The van der Waals surface area contributed by atoms with Crippen LogP contribution in [0.5, 0.6) is 0 Å². The highest BCUT2D eigenvalue weighted by molar-refractivity contribution is 14.1. The number of unbranched alkanes of at least 4 members (excludes halogenated alkanes) is 13. The van der Waals surface area contributed by atoms with Gasteiger partial charge in [-0.2, -0.15) is 0 Å². The normalized spacial score (nSPS) is 17.0. The van der Waals surface area contributed by atoms with Crippen LogP contribution < -0.4 is 0 Å². The van der Waals surface area contributed by atoms with Gasteiger partial charge in [-0.05, 0) is 29.0 Å². The predicted molar refractivity (Wildman–Crippen MR) is 118 cm³/mol. The lowest BCUT2D eigenvalue weighted by Gasteiger charge is -2.27. The van der Waals surface area contributed by atoms with E-state index in [0.29, 0.717) is 4.17 Å². The first-order chi connectivity index (χ1) is 12.3. The van der Waals surface area contributed by atoms with Crippen molar-refractivity contribution >= 4 is 22.6 Å². The maximum absolute atomic E-state index is 9.04. The van der Waals surface area contributed by atoms with Gasteiger partial charge in [-0.3, -0.25) is 0 Å². The fourth-order valence-electron chi connectivity index (χ4n) is 3.47. The minimum absolute atomic E-state index is 0.233. The summed E-state index contributed by atoms with van der Waals surface area (Å²) in [5.74, 6) is 0. The molecule has 148 valence electrons. The lowest BCUT2D eigenvalue weighted by Crippen LogP contribution is -2.35. The SMILES string of the molecule is CCCCCCCCCCCCCCCCN1C=CN(CCO)C1I. The molecular weight excluding hydrogens is 423 g/mol. The van der Waals surface area contributed by atoms with E-state index in [1.807, 2.05) is 0 Å². The first-order valence-corrected chi connectivity index (χ1v) is 12.0. The zero-order chi connectivity index (χ0) is 18.2. The highest BCUT2D eigenvalue weighted by atomic mass is 127. The summed E-state index contributed by atoms with van der Waals surface area (Å²) in [7, 11) is 0. The van der Waals surface area contributed by atoms with Crippen molar-refractivity contribution in [2.75, 3.05) is 19.7 Å². The summed E-state index contributed by atoms with van der Waals surface area (Å²) in [6.45, 7) is 4.40. The van der Waals surface area contributed by atoms with E-state index in [2.05, 4.69) is 51.7 Å². The Balaban J connectivity index is 1.80. The van der Waals surface area contributed by atoms with Crippen LogP contribution in [0.1, 0.15) is 96.8 Å². The second-order valence-corrected chi connectivity index (χ2v) is 8.52. The molecule has 0 saturated carbocycles. The molecule has 1 rings (SSSR count). The molecular formula is C21H41IN2O. The van der Waals surface area contributed by atoms with Crippen LogP contribution in [0, 0.1) is 0 Å². The average Bonchev–Trinajstić information content (AvgIpc) is 2.96. The van der Waals surface area contributed by atoms with Crippen LogP contribution in [0.25, 0.3) is 0 Å². The standard InChI is InChI=1S/C21H41IN2O/c1-2-3-4-5-6-7-8-9-10-11-12-13-14-15-16-23-17-18-24(19-20-25)21(23)22/h17-18,21,25H,2-16,19-20H2,1H3. The molecule has 1 unspecified atom stereocenters. The molecule has 1 atom stereocenters. The number of nitrogens with zero attached hydrogens (tertiary/aromatic N) is 2. The maximum Gasteiger partial charge on any atom is 0.154 e. The summed E-state index contributed by atoms with van der Waals surface area (Å²) in [5.41, 5.74) is 0. The Hall–Kier alpha value is 0.0300. The van der Waals surface area contributed by atoms with Gasteiger partial charge in [-0.15, -0.1) is 0 Å². The second-order valence-electron chi connectivity index (χ2n) is 7.40. The Kier molecular flexibility index (Phi) is 15.0. The first kappa shape index (κ1) is 23.1. The van der Waals surface area contributed by atoms with Crippen molar-refractivity contribution < 1.29 is 5.11 Å². The smallest absolute Gasteiger partial charge is 0.154 e. The van der Waals surface area contributed by atoms with Crippen LogP contribution >= 0.6 is 22.6 Å². The van der Waals surface area contributed by atoms with E-state index in [1.54, 1.807) is 0 Å². The van der Waals surface area contributed by atoms with Gasteiger partial charge in [0, 0.05) is 25.5 Å². The summed E-state index contributed by atoms with van der Waals surface area (Å²) in [6, 6.07) is 0. The quantitative estimate of drug-likeness (QED) is 0.119. The number of hydrogen-bond acceptors (Lipinski definition) is 3. The number of aliphatic hydroxyl groups excluding tert-OH is 1. The van der Waals surface area contributed by atoms with Gasteiger partial charge in [0.2, 0.25) is 0 Å². The van der Waals surface area contributed by atoms with E-state index in [0.717, 1.165) is 13.1 Å². The maximum atomic E-state index is 9.04. The molecule has 0 amide bonds. The highest BCUT2D eigenvalue weighted by Gasteiger charge is 2.21. The van der Waals surface area contributed by atoms with Crippen molar-refractivity contribution in [3.63, 3.8) is 0 Å². The van der Waals surface area contributed by atoms with E-state index in [4.69, 9.17) is 5.11 Å². The van der Waals surface area contributed by atoms with E-state index in [1.165, 1.54) is 89.9 Å². The van der Waals surface area contributed by atoms with Gasteiger partial charge >= 0.3 is 0 Å². The summed E-state index contributed by atoms with van der Waals surface area (Å²) in [5, 5.41) is 9.04. The average molecular weight is 464 g/mol. The molecule has 0 saturated heterocycles. The Bertz CT molecular complexity index is 325. The molecule has 1 heterocycles. The summed E-state index contributed by atoms with van der Waals surface area (Å²) in [6.07, 6.45) is 24.1. The Morgan fingerprint density at radius 1 is 0.680 bits per heavy atom. The minimum Gasteiger partial charge on any atom is -0.395 e. The van der Waals surface area contributed by atoms with Crippen LogP contribution in [0.15, 0.2) is 12.4 Å². The van der Waals surface area contributed by atoms with Crippen molar-refractivity contribution in [1.29, 1.82) is 0 Å². The molecule has 0 radical (unpaired) electrons. The molecule has 0 aromatic heterocycles. The number of aliphatic hydroxyl groups is 1. The number of halogens is 1. The molecule has 3 nitrogen and oxygen atoms in total. The number of β-amino-alcohol motifs (C(OH)–C–C–N with tert-alkyl or cyclic N) is 1. The Morgan fingerprint density at radius 3 is 1.52 bits per heavy atom. The molecule has 1 aliphatic rings. The van der Waals surface area contributed by atoms with Gasteiger partial charge in [0.15, 0.2) is 4.17 Å². The van der Waals surface area contributed by atoms with Crippen LogP contribution in [0.2, 0.25) is 0 Å². The van der Waals surface area contributed by atoms with E-state index >= 15 is 0 Å². The zero-order valence-electron chi connectivity index (χ0n) is 16.5. The Morgan fingerprint density at radius 2 is 1.08 bits per heavy atom. The van der Waals surface area contributed by atoms with Crippen LogP contribution in [0.3, 0.4) is 0 Å². The lowest BCUT2D eigenvalue weighted by atomic mass is 10.0. The minimum atomic E-state index is 0.233. The Labute approximate surface area is 170 Å². The largest absolute Gasteiger partial charge is 0.395 e. The van der Waals surface area contributed by atoms with Crippen molar-refractivity contribution in [2.24, 2.45) is 0 Å². The van der Waals surface area contributed by atoms with Gasteiger partial charge in [0.05, 0.1) is 6.61 Å². The van der Waals surface area contributed by atoms with E-state index in [9.17, 15) is 0 Å². The van der Waals surface area contributed by atoms with Crippen LogP contribution in [-0.2, 0) is 0 Å². The summed E-state index contributed by atoms with van der Waals surface area (Å²) in [4.78, 5) is 4.58. The molecule has 4 heteroatoms. The number of hydrogen-bond donors (Lipinski definition) is 1. The monoisotopic (exact) mass is 464 g/mol. The summed E-state index contributed by atoms with van der Waals surface area (Å²) >= 11 is 2.46. The molecule has 1 aliphatic heterocycles. The first-order valence-electron chi connectivity index (χ1n) is 10.7. The van der Waals surface area contributed by atoms with Crippen molar-refractivity contribution in [3.05, 3.63) is 12.4 Å². The molecule has 0 aliphatic carbocycles. The second kappa shape index (κ2) is 16.2. The third kappa shape index (κ3) is 11.4. The summed E-state index contributed by atoms with van der Waals surface area (Å²) < 4.78 is 0.381. The van der Waals surface area contributed by atoms with E-state index < -0.39 is 0 Å². The number of alkyl halides is 1. The third-order valence-electron chi connectivity index (χ3n) is 5.13. The molecule has 1 N–H and O–H groups in total. The van der Waals surface area contributed by atoms with Crippen LogP contribution in [-0.4, -0.2) is 38.8 Å². The number of rotatable bonds is 17. The molecule has 0 fully saturated rings. The fourth-order valence-corrected chi connectivity index (χ4v) is 4.40. The van der Waals surface area contributed by atoms with Gasteiger partial charge in [0.25, 0.3) is 0 Å². The lowest BCUT2D eigenvalue weighted by molar-refractivity contribution is 0.194. The van der Waals surface area contributed by atoms with E-state index in [-0.39, 0.29) is 6.61 Å². The molecule has 25 heavy (non-hydrogen) atoms. The molecule has 0 spiro atoms. The van der Waals surface area contributed by atoms with Crippen molar-refractivity contribution in [2.45, 2.75) is 101 Å². The fraction of sp³-hybridized carbons (Fsp3) is 0.905.